The predicted molar refractivity (Wildman–Crippen MR) is 180 cm³/mol. The first-order valence-corrected chi connectivity index (χ1v) is 15.2. The molecule has 10 rings (SSSR count). The van der Waals surface area contributed by atoms with E-state index in [-0.39, 0.29) is 0 Å². The Kier molecular flexibility index (Phi) is 4.68. The summed E-state index contributed by atoms with van der Waals surface area (Å²) in [5, 5.41) is 2.56. The van der Waals surface area contributed by atoms with E-state index in [9.17, 15) is 0 Å². The van der Waals surface area contributed by atoms with Gasteiger partial charge >= 0.3 is 0 Å². The van der Waals surface area contributed by atoms with E-state index < -0.39 is 5.41 Å². The first kappa shape index (κ1) is 23.8. The highest BCUT2D eigenvalue weighted by Crippen LogP contribution is 2.63. The van der Waals surface area contributed by atoms with Gasteiger partial charge in [-0.05, 0) is 93.0 Å². The van der Waals surface area contributed by atoms with Crippen LogP contribution in [0.25, 0.3) is 61.0 Å². The van der Waals surface area contributed by atoms with Crippen molar-refractivity contribution < 1.29 is 0 Å². The molecular weight excluding hydrogens is 532 g/mol. The second-order valence-electron chi connectivity index (χ2n) is 11.9. The van der Waals surface area contributed by atoms with Gasteiger partial charge in [-0.1, -0.05) is 103 Å². The molecule has 2 nitrogen and oxygen atoms in total. The minimum absolute atomic E-state index is 0.436. The third-order valence-electron chi connectivity index (χ3n) is 9.86. The predicted octanol–water partition coefficient (Wildman–Crippen LogP) is 10.2. The molecule has 2 heterocycles. The molecule has 2 heteroatoms. The van der Waals surface area contributed by atoms with E-state index in [1.54, 1.807) is 0 Å². The first-order chi connectivity index (χ1) is 21.8. The van der Waals surface area contributed by atoms with Crippen LogP contribution in [0, 0.1) is 0 Å². The molecule has 2 aliphatic carbocycles. The molecular formula is C42H26N2. The summed E-state index contributed by atoms with van der Waals surface area (Å²) in [6.45, 7) is 0. The van der Waals surface area contributed by atoms with Gasteiger partial charge in [0.05, 0.1) is 22.1 Å². The van der Waals surface area contributed by atoms with Crippen molar-refractivity contribution in [2.75, 3.05) is 0 Å². The van der Waals surface area contributed by atoms with Gasteiger partial charge in [-0.25, -0.2) is 0 Å². The van der Waals surface area contributed by atoms with Crippen LogP contribution in [0.15, 0.2) is 158 Å². The number of hydrogen-bond donors (Lipinski definition) is 0. The molecule has 2 aromatic heterocycles. The van der Waals surface area contributed by atoms with Crippen LogP contribution in [-0.2, 0) is 5.41 Å². The topological polar surface area (TPSA) is 17.8 Å². The number of benzene rings is 6. The number of para-hydroxylation sites is 2. The normalized spacial score (nSPS) is 15.8. The minimum Gasteiger partial charge on any atom is -0.309 e. The van der Waals surface area contributed by atoms with E-state index in [0.717, 1.165) is 11.3 Å². The molecule has 1 spiro atoms. The Labute approximate surface area is 255 Å². The molecule has 2 aliphatic rings. The standard InChI is InChI=1S/C42H26N2/c1-2-12-28(13-3-1)44-40-20-9-6-16-32(40)34-25-33-30-15-5-8-18-36(30)42(38(33)26-41(34)44)35-17-7-4-14-29(35)31-22-21-27(24-37(31)42)39-19-10-11-23-43-39/h1-26H. The fraction of sp³-hybridized carbons (Fsp3) is 0.0238. The molecule has 0 aliphatic heterocycles. The molecule has 0 amide bonds. The Morgan fingerprint density at radius 3 is 1.89 bits per heavy atom. The maximum atomic E-state index is 4.73. The zero-order valence-electron chi connectivity index (χ0n) is 23.9. The fourth-order valence-electron chi connectivity index (χ4n) is 8.15. The fourth-order valence-corrected chi connectivity index (χ4v) is 8.15. The minimum atomic E-state index is -0.436. The third kappa shape index (κ3) is 2.92. The van der Waals surface area contributed by atoms with Crippen molar-refractivity contribution in [2.45, 2.75) is 5.41 Å². The van der Waals surface area contributed by atoms with Gasteiger partial charge in [-0.15, -0.1) is 0 Å². The third-order valence-corrected chi connectivity index (χ3v) is 9.86. The van der Waals surface area contributed by atoms with Gasteiger partial charge in [-0.2, -0.15) is 0 Å². The van der Waals surface area contributed by atoms with Crippen molar-refractivity contribution >= 4 is 21.8 Å². The summed E-state index contributed by atoms with van der Waals surface area (Å²) < 4.78 is 2.44. The summed E-state index contributed by atoms with van der Waals surface area (Å²) in [5.41, 5.74) is 15.9. The van der Waals surface area contributed by atoms with E-state index in [2.05, 4.69) is 150 Å². The Morgan fingerprint density at radius 1 is 0.432 bits per heavy atom. The second kappa shape index (κ2) is 8.65. The van der Waals surface area contributed by atoms with E-state index in [4.69, 9.17) is 4.98 Å². The van der Waals surface area contributed by atoms with E-state index in [1.165, 1.54) is 72.0 Å². The summed E-state index contributed by atoms with van der Waals surface area (Å²) in [7, 11) is 0. The zero-order chi connectivity index (χ0) is 28.8. The number of rotatable bonds is 2. The molecule has 204 valence electrons. The van der Waals surface area contributed by atoms with Gasteiger partial charge in [-0.3, -0.25) is 4.98 Å². The average molecular weight is 559 g/mol. The summed E-state index contributed by atoms with van der Waals surface area (Å²) in [6, 6.07) is 55.7. The number of hydrogen-bond acceptors (Lipinski definition) is 1. The lowest BCUT2D eigenvalue weighted by Crippen LogP contribution is -2.26. The van der Waals surface area contributed by atoms with Gasteiger partial charge in [0.25, 0.3) is 0 Å². The van der Waals surface area contributed by atoms with Gasteiger partial charge < -0.3 is 4.57 Å². The van der Waals surface area contributed by atoms with Crippen molar-refractivity contribution in [2.24, 2.45) is 0 Å². The molecule has 1 atom stereocenters. The lowest BCUT2D eigenvalue weighted by molar-refractivity contribution is 0.794. The smallest absolute Gasteiger partial charge is 0.0726 e. The highest BCUT2D eigenvalue weighted by atomic mass is 15.0. The van der Waals surface area contributed by atoms with E-state index in [0.29, 0.717) is 0 Å². The molecule has 0 radical (unpaired) electrons. The first-order valence-electron chi connectivity index (χ1n) is 15.2. The van der Waals surface area contributed by atoms with Crippen LogP contribution in [0.4, 0.5) is 0 Å². The molecule has 0 fully saturated rings. The zero-order valence-corrected chi connectivity index (χ0v) is 23.9. The van der Waals surface area contributed by atoms with Crippen molar-refractivity contribution in [3.63, 3.8) is 0 Å². The Hall–Kier alpha value is -5.73. The summed E-state index contributed by atoms with van der Waals surface area (Å²) in [5.74, 6) is 0. The number of fused-ring (bicyclic) bond motifs is 13. The van der Waals surface area contributed by atoms with Gasteiger partial charge in [0.2, 0.25) is 0 Å². The number of aromatic nitrogens is 2. The largest absolute Gasteiger partial charge is 0.309 e. The maximum absolute atomic E-state index is 4.73. The molecule has 0 N–H and O–H groups in total. The van der Waals surface area contributed by atoms with Crippen molar-refractivity contribution in [3.05, 3.63) is 180 Å². The molecule has 0 bridgehead atoms. The van der Waals surface area contributed by atoms with E-state index >= 15 is 0 Å². The molecule has 0 saturated carbocycles. The van der Waals surface area contributed by atoms with Crippen LogP contribution in [0.3, 0.4) is 0 Å². The molecule has 8 aromatic rings. The van der Waals surface area contributed by atoms with Crippen LogP contribution in [0.2, 0.25) is 0 Å². The number of nitrogens with zero attached hydrogens (tertiary/aromatic N) is 2. The second-order valence-corrected chi connectivity index (χ2v) is 11.9. The highest BCUT2D eigenvalue weighted by molar-refractivity contribution is 6.12. The average Bonchev–Trinajstić information content (AvgIpc) is 3.69. The quantitative estimate of drug-likeness (QED) is 0.206. The van der Waals surface area contributed by atoms with Gasteiger partial charge in [0, 0.05) is 28.2 Å². The molecule has 44 heavy (non-hydrogen) atoms. The molecule has 0 saturated heterocycles. The van der Waals surface area contributed by atoms with Crippen molar-refractivity contribution in [1.29, 1.82) is 0 Å². The van der Waals surface area contributed by atoms with Crippen LogP contribution in [0.5, 0.6) is 0 Å². The van der Waals surface area contributed by atoms with Crippen LogP contribution >= 0.6 is 0 Å². The number of pyridine rings is 1. The maximum Gasteiger partial charge on any atom is 0.0726 e. The van der Waals surface area contributed by atoms with E-state index in [1.807, 2.05) is 12.3 Å². The Morgan fingerprint density at radius 2 is 1.09 bits per heavy atom. The summed E-state index contributed by atoms with van der Waals surface area (Å²) in [6.07, 6.45) is 1.88. The monoisotopic (exact) mass is 558 g/mol. The van der Waals surface area contributed by atoms with Crippen molar-refractivity contribution in [1.82, 2.24) is 9.55 Å². The summed E-state index contributed by atoms with van der Waals surface area (Å²) in [4.78, 5) is 4.73. The van der Waals surface area contributed by atoms with Crippen molar-refractivity contribution in [3.8, 4) is 39.2 Å². The lowest BCUT2D eigenvalue weighted by Gasteiger charge is -2.31. The lowest BCUT2D eigenvalue weighted by atomic mass is 9.70. The van der Waals surface area contributed by atoms with Crippen LogP contribution < -0.4 is 0 Å². The Bertz CT molecular complexity index is 2440. The molecule has 6 aromatic carbocycles. The highest BCUT2D eigenvalue weighted by Gasteiger charge is 2.52. The van der Waals surface area contributed by atoms with Crippen LogP contribution in [0.1, 0.15) is 22.3 Å². The Balaban J connectivity index is 1.38. The van der Waals surface area contributed by atoms with Crippen LogP contribution in [-0.4, -0.2) is 9.55 Å². The van der Waals surface area contributed by atoms with Gasteiger partial charge in [0.1, 0.15) is 0 Å². The van der Waals surface area contributed by atoms with Gasteiger partial charge in [0.15, 0.2) is 0 Å². The molecule has 1 unspecified atom stereocenters. The summed E-state index contributed by atoms with van der Waals surface area (Å²) >= 11 is 0. The SMILES string of the molecule is c1ccc(-n2c3ccccc3c3cc4c(cc32)C2(c3ccccc3-c3ccc(-c5ccccn5)cc32)c2ccccc2-4)cc1.